The first-order chi connectivity index (χ1) is 11.6. The summed E-state index contributed by atoms with van der Waals surface area (Å²) in [5.41, 5.74) is 3.51. The Kier molecular flexibility index (Phi) is 4.85. The number of carbonyl (C=O) groups is 2. The van der Waals surface area contributed by atoms with Gasteiger partial charge in [0.25, 0.3) is 5.91 Å². The van der Waals surface area contributed by atoms with Gasteiger partial charge in [0.05, 0.1) is 20.1 Å². The minimum Gasteiger partial charge on any atom is -0.469 e. The Morgan fingerprint density at radius 1 is 1.46 bits per heavy atom. The predicted octanol–water partition coefficient (Wildman–Crippen LogP) is 1.81. The van der Waals surface area contributed by atoms with Gasteiger partial charge in [-0.2, -0.15) is 0 Å². The number of hydrogen-bond acceptors (Lipinski definition) is 4. The first-order valence-corrected chi connectivity index (χ1v) is 8.12. The zero-order chi connectivity index (χ0) is 17.1. The zero-order valence-corrected chi connectivity index (χ0v) is 14.0. The monoisotopic (exact) mass is 330 g/mol. The molecular formula is C18H22N2O4. The minimum absolute atomic E-state index is 0.0296. The quantitative estimate of drug-likeness (QED) is 0.849. The summed E-state index contributed by atoms with van der Waals surface area (Å²) >= 11 is 0. The summed E-state index contributed by atoms with van der Waals surface area (Å²) in [4.78, 5) is 28.9. The molecule has 1 unspecified atom stereocenters. The largest absolute Gasteiger partial charge is 0.469 e. The number of H-pyrrole nitrogens is 1. The Balaban J connectivity index is 1.65. The number of aromatic amines is 1. The van der Waals surface area contributed by atoms with Gasteiger partial charge in [0.1, 0.15) is 6.10 Å². The molecule has 1 N–H and O–H groups in total. The van der Waals surface area contributed by atoms with Gasteiger partial charge in [-0.3, -0.25) is 9.59 Å². The molecule has 128 valence electrons. The van der Waals surface area contributed by atoms with Gasteiger partial charge in [0, 0.05) is 30.2 Å². The van der Waals surface area contributed by atoms with E-state index in [1.807, 2.05) is 6.20 Å². The van der Waals surface area contributed by atoms with Crippen molar-refractivity contribution in [3.8, 4) is 0 Å². The van der Waals surface area contributed by atoms with E-state index in [4.69, 9.17) is 4.74 Å². The second-order valence-electron chi connectivity index (χ2n) is 6.08. The highest BCUT2D eigenvalue weighted by molar-refractivity contribution is 5.86. The van der Waals surface area contributed by atoms with Crippen molar-refractivity contribution in [2.75, 3.05) is 26.8 Å². The van der Waals surface area contributed by atoms with Crippen molar-refractivity contribution in [3.05, 3.63) is 35.5 Å². The molecule has 6 nitrogen and oxygen atoms in total. The van der Waals surface area contributed by atoms with Crippen LogP contribution in [-0.2, 0) is 25.5 Å². The lowest BCUT2D eigenvalue weighted by atomic mass is 10.1. The molecule has 1 atom stereocenters. The summed E-state index contributed by atoms with van der Waals surface area (Å²) in [5.74, 6) is -0.565. The summed E-state index contributed by atoms with van der Waals surface area (Å²) < 4.78 is 10.0. The smallest absolute Gasteiger partial charge is 0.308 e. The number of aryl methyl sites for hydroxylation is 1. The molecule has 1 amide bonds. The van der Waals surface area contributed by atoms with Gasteiger partial charge in [-0.25, -0.2) is 0 Å². The van der Waals surface area contributed by atoms with Crippen molar-refractivity contribution >= 4 is 22.8 Å². The Bertz CT molecular complexity index is 753. The van der Waals surface area contributed by atoms with Gasteiger partial charge in [0.2, 0.25) is 0 Å². The maximum Gasteiger partial charge on any atom is 0.308 e. The molecule has 2 aromatic rings. The SMILES string of the molecule is COC(=O)CC1OCCN(CCc2c[nH]c3ccc(C)cc23)C1=O. The van der Waals surface area contributed by atoms with E-state index in [0.717, 1.165) is 11.9 Å². The predicted molar refractivity (Wildman–Crippen MR) is 89.7 cm³/mol. The summed E-state index contributed by atoms with van der Waals surface area (Å²) in [6.45, 7) is 3.68. The number of carbonyl (C=O) groups excluding carboxylic acids is 2. The van der Waals surface area contributed by atoms with Crippen LogP contribution in [0.2, 0.25) is 0 Å². The fourth-order valence-corrected chi connectivity index (χ4v) is 3.05. The van der Waals surface area contributed by atoms with Crippen LogP contribution in [0.25, 0.3) is 10.9 Å². The van der Waals surface area contributed by atoms with Crippen LogP contribution in [0.5, 0.6) is 0 Å². The van der Waals surface area contributed by atoms with Crippen molar-refractivity contribution in [3.63, 3.8) is 0 Å². The normalized spacial score (nSPS) is 18.2. The minimum atomic E-state index is -0.726. The molecule has 0 spiro atoms. The number of fused-ring (bicyclic) bond motifs is 1. The van der Waals surface area contributed by atoms with Gasteiger partial charge in [-0.05, 0) is 31.0 Å². The van der Waals surface area contributed by atoms with Crippen molar-refractivity contribution in [1.29, 1.82) is 0 Å². The number of morpholine rings is 1. The van der Waals surface area contributed by atoms with E-state index in [2.05, 4.69) is 34.8 Å². The van der Waals surface area contributed by atoms with Crippen LogP contribution in [-0.4, -0.2) is 54.7 Å². The number of nitrogens with zero attached hydrogens (tertiary/aromatic N) is 1. The summed E-state index contributed by atoms with van der Waals surface area (Å²) in [6.07, 6.45) is 2.01. The lowest BCUT2D eigenvalue weighted by Gasteiger charge is -2.32. The topological polar surface area (TPSA) is 71.6 Å². The number of hydrogen-bond donors (Lipinski definition) is 1. The third kappa shape index (κ3) is 3.43. The molecule has 0 saturated carbocycles. The number of methoxy groups -OCH3 is 1. The van der Waals surface area contributed by atoms with Crippen LogP contribution < -0.4 is 0 Å². The number of nitrogens with one attached hydrogen (secondary N) is 1. The van der Waals surface area contributed by atoms with E-state index in [0.29, 0.717) is 19.7 Å². The van der Waals surface area contributed by atoms with Gasteiger partial charge in [-0.1, -0.05) is 11.6 Å². The number of rotatable bonds is 5. The van der Waals surface area contributed by atoms with Gasteiger partial charge >= 0.3 is 5.97 Å². The Morgan fingerprint density at radius 3 is 3.08 bits per heavy atom. The Hall–Kier alpha value is -2.34. The molecule has 0 aliphatic carbocycles. The van der Waals surface area contributed by atoms with E-state index < -0.39 is 12.1 Å². The first kappa shape index (κ1) is 16.5. The molecule has 1 aromatic heterocycles. The van der Waals surface area contributed by atoms with Gasteiger partial charge in [-0.15, -0.1) is 0 Å². The molecule has 1 saturated heterocycles. The van der Waals surface area contributed by atoms with Crippen molar-refractivity contribution < 1.29 is 19.1 Å². The average Bonchev–Trinajstić information content (AvgIpc) is 2.97. The van der Waals surface area contributed by atoms with Crippen molar-refractivity contribution in [2.45, 2.75) is 25.9 Å². The first-order valence-electron chi connectivity index (χ1n) is 8.12. The fraction of sp³-hybridized carbons (Fsp3) is 0.444. The number of ether oxygens (including phenoxy) is 2. The van der Waals surface area contributed by atoms with E-state index >= 15 is 0 Å². The van der Waals surface area contributed by atoms with Crippen LogP contribution in [0.4, 0.5) is 0 Å². The second kappa shape index (κ2) is 7.05. The summed E-state index contributed by atoms with van der Waals surface area (Å²) in [7, 11) is 1.31. The number of esters is 1. The molecular weight excluding hydrogens is 308 g/mol. The average molecular weight is 330 g/mol. The lowest BCUT2D eigenvalue weighted by Crippen LogP contribution is -2.49. The molecule has 2 heterocycles. The maximum absolute atomic E-state index is 12.4. The highest BCUT2D eigenvalue weighted by Gasteiger charge is 2.31. The molecule has 1 aliphatic heterocycles. The third-order valence-corrected chi connectivity index (χ3v) is 4.42. The van der Waals surface area contributed by atoms with E-state index in [1.165, 1.54) is 23.6 Å². The van der Waals surface area contributed by atoms with E-state index in [-0.39, 0.29) is 12.3 Å². The van der Waals surface area contributed by atoms with Crippen LogP contribution in [0, 0.1) is 6.92 Å². The molecule has 1 aliphatic rings. The molecule has 1 aromatic carbocycles. The Labute approximate surface area is 140 Å². The van der Waals surface area contributed by atoms with Gasteiger partial charge in [0.15, 0.2) is 0 Å². The molecule has 6 heteroatoms. The molecule has 0 radical (unpaired) electrons. The highest BCUT2D eigenvalue weighted by Crippen LogP contribution is 2.21. The van der Waals surface area contributed by atoms with E-state index in [9.17, 15) is 9.59 Å². The molecule has 24 heavy (non-hydrogen) atoms. The highest BCUT2D eigenvalue weighted by atomic mass is 16.5. The van der Waals surface area contributed by atoms with Crippen LogP contribution in [0.15, 0.2) is 24.4 Å². The van der Waals surface area contributed by atoms with Crippen LogP contribution in [0.3, 0.4) is 0 Å². The Morgan fingerprint density at radius 2 is 2.29 bits per heavy atom. The maximum atomic E-state index is 12.4. The molecule has 1 fully saturated rings. The molecule has 3 rings (SSSR count). The van der Waals surface area contributed by atoms with Crippen molar-refractivity contribution in [2.24, 2.45) is 0 Å². The lowest BCUT2D eigenvalue weighted by molar-refractivity contribution is -0.160. The number of benzene rings is 1. The summed E-state index contributed by atoms with van der Waals surface area (Å²) in [6, 6.07) is 6.30. The molecule has 0 bridgehead atoms. The fourth-order valence-electron chi connectivity index (χ4n) is 3.05. The summed E-state index contributed by atoms with van der Waals surface area (Å²) in [5, 5.41) is 1.20. The van der Waals surface area contributed by atoms with E-state index in [1.54, 1.807) is 4.90 Å². The number of aromatic nitrogens is 1. The zero-order valence-electron chi connectivity index (χ0n) is 14.0. The standard InChI is InChI=1S/C18H22N2O4/c1-12-3-4-15-14(9-12)13(11-19-15)5-6-20-7-8-24-16(18(20)22)10-17(21)23-2/h3-4,9,11,16,19H,5-8,10H2,1-2H3. The van der Waals surface area contributed by atoms with Crippen LogP contribution >= 0.6 is 0 Å². The van der Waals surface area contributed by atoms with Crippen molar-refractivity contribution in [1.82, 2.24) is 9.88 Å². The number of amides is 1. The second-order valence-corrected chi connectivity index (χ2v) is 6.08. The van der Waals surface area contributed by atoms with Gasteiger partial charge < -0.3 is 19.4 Å². The third-order valence-electron chi connectivity index (χ3n) is 4.42. The van der Waals surface area contributed by atoms with Crippen LogP contribution in [0.1, 0.15) is 17.5 Å².